The lowest BCUT2D eigenvalue weighted by atomic mass is 10.1. The second kappa shape index (κ2) is 7.34. The van der Waals surface area contributed by atoms with Crippen molar-refractivity contribution in [2.75, 3.05) is 33.3 Å². The van der Waals surface area contributed by atoms with Gasteiger partial charge in [-0.2, -0.15) is 0 Å². The highest BCUT2D eigenvalue weighted by molar-refractivity contribution is 5.99. The first kappa shape index (κ1) is 18.0. The Morgan fingerprint density at radius 3 is 2.32 bits per heavy atom. The summed E-state index contributed by atoms with van der Waals surface area (Å²) in [5, 5.41) is 0.899. The molecule has 6 nitrogen and oxygen atoms in total. The van der Waals surface area contributed by atoms with Gasteiger partial charge in [0.15, 0.2) is 0 Å². The van der Waals surface area contributed by atoms with Gasteiger partial charge in [0.05, 0.1) is 12.7 Å². The predicted molar refractivity (Wildman–Crippen MR) is 103 cm³/mol. The number of amides is 2. The van der Waals surface area contributed by atoms with Crippen molar-refractivity contribution in [3.63, 3.8) is 0 Å². The second-order valence-corrected chi connectivity index (χ2v) is 6.70. The maximum absolute atomic E-state index is 13.9. The first-order valence-corrected chi connectivity index (χ1v) is 9.06. The molecule has 0 radical (unpaired) electrons. The minimum atomic E-state index is -0.528. The summed E-state index contributed by atoms with van der Waals surface area (Å²) in [6.45, 7) is 1.54. The Kier molecular flexibility index (Phi) is 4.73. The summed E-state index contributed by atoms with van der Waals surface area (Å²) >= 11 is 0. The van der Waals surface area contributed by atoms with Gasteiger partial charge in [0, 0.05) is 37.1 Å². The van der Waals surface area contributed by atoms with Crippen LogP contribution in [0, 0.1) is 5.82 Å². The number of hydrogen-bond donors (Lipinski definition) is 1. The highest BCUT2D eigenvalue weighted by Crippen LogP contribution is 2.22. The van der Waals surface area contributed by atoms with Crippen molar-refractivity contribution in [1.29, 1.82) is 0 Å². The largest absolute Gasteiger partial charge is 0.497 e. The molecule has 1 fully saturated rings. The molecule has 0 aliphatic carbocycles. The summed E-state index contributed by atoms with van der Waals surface area (Å²) in [6, 6.07) is 13.3. The third-order valence-corrected chi connectivity index (χ3v) is 5.02. The average molecular weight is 381 g/mol. The monoisotopic (exact) mass is 381 g/mol. The quantitative estimate of drug-likeness (QED) is 0.759. The number of benzene rings is 2. The zero-order valence-corrected chi connectivity index (χ0v) is 15.4. The third kappa shape index (κ3) is 3.31. The summed E-state index contributed by atoms with van der Waals surface area (Å²) in [7, 11) is 1.60. The van der Waals surface area contributed by atoms with E-state index in [1.807, 2.05) is 18.2 Å². The highest BCUT2D eigenvalue weighted by atomic mass is 19.1. The van der Waals surface area contributed by atoms with Gasteiger partial charge in [0.2, 0.25) is 0 Å². The van der Waals surface area contributed by atoms with Crippen molar-refractivity contribution in [3.05, 3.63) is 65.6 Å². The number of nitrogens with zero attached hydrogens (tertiary/aromatic N) is 2. The number of piperazine rings is 1. The summed E-state index contributed by atoms with van der Waals surface area (Å²) in [6.07, 6.45) is 0. The van der Waals surface area contributed by atoms with Gasteiger partial charge in [-0.3, -0.25) is 9.59 Å². The van der Waals surface area contributed by atoms with Crippen LogP contribution < -0.4 is 4.74 Å². The fourth-order valence-corrected chi connectivity index (χ4v) is 3.44. The maximum atomic E-state index is 13.9. The topological polar surface area (TPSA) is 65.6 Å². The van der Waals surface area contributed by atoms with E-state index in [1.54, 1.807) is 35.1 Å². The van der Waals surface area contributed by atoms with E-state index >= 15 is 0 Å². The van der Waals surface area contributed by atoms with E-state index in [2.05, 4.69) is 4.98 Å². The van der Waals surface area contributed by atoms with Crippen LogP contribution in [0.3, 0.4) is 0 Å². The van der Waals surface area contributed by atoms with Crippen LogP contribution in [0.25, 0.3) is 10.9 Å². The molecule has 4 rings (SSSR count). The van der Waals surface area contributed by atoms with Crippen LogP contribution in [0.2, 0.25) is 0 Å². The molecule has 1 aliphatic rings. The fraction of sp³-hybridized carbons (Fsp3) is 0.238. The van der Waals surface area contributed by atoms with Crippen LogP contribution >= 0.6 is 0 Å². The molecule has 0 atom stereocenters. The van der Waals surface area contributed by atoms with E-state index in [0.717, 1.165) is 16.7 Å². The Morgan fingerprint density at radius 2 is 1.64 bits per heavy atom. The Morgan fingerprint density at radius 1 is 0.964 bits per heavy atom. The maximum Gasteiger partial charge on any atom is 0.270 e. The van der Waals surface area contributed by atoms with E-state index in [9.17, 15) is 14.0 Å². The number of hydrogen-bond acceptors (Lipinski definition) is 3. The molecule has 1 aromatic heterocycles. The average Bonchev–Trinajstić information content (AvgIpc) is 3.16. The second-order valence-electron chi connectivity index (χ2n) is 6.70. The molecule has 1 N–H and O–H groups in total. The van der Waals surface area contributed by atoms with Crippen LogP contribution in [-0.2, 0) is 0 Å². The minimum Gasteiger partial charge on any atom is -0.497 e. The van der Waals surface area contributed by atoms with E-state index in [0.29, 0.717) is 31.9 Å². The van der Waals surface area contributed by atoms with Gasteiger partial charge in [-0.15, -0.1) is 0 Å². The van der Waals surface area contributed by atoms with Gasteiger partial charge in [-0.1, -0.05) is 12.1 Å². The normalized spacial score (nSPS) is 14.4. The SMILES string of the molecule is COc1ccc2[nH]c(C(=O)N3CCN(C(=O)c4ccccc4F)CC3)cc2c1. The molecule has 1 aliphatic heterocycles. The number of nitrogens with one attached hydrogen (secondary N) is 1. The smallest absolute Gasteiger partial charge is 0.270 e. The van der Waals surface area contributed by atoms with Crippen molar-refractivity contribution in [2.24, 2.45) is 0 Å². The summed E-state index contributed by atoms with van der Waals surface area (Å²) in [4.78, 5) is 31.8. The van der Waals surface area contributed by atoms with Gasteiger partial charge in [0.1, 0.15) is 17.3 Å². The number of ether oxygens (including phenoxy) is 1. The van der Waals surface area contributed by atoms with Crippen molar-refractivity contribution in [2.45, 2.75) is 0 Å². The number of carbonyl (C=O) groups excluding carboxylic acids is 2. The van der Waals surface area contributed by atoms with E-state index < -0.39 is 5.82 Å². The van der Waals surface area contributed by atoms with Gasteiger partial charge >= 0.3 is 0 Å². The summed E-state index contributed by atoms with van der Waals surface area (Å²) < 4.78 is 19.1. The summed E-state index contributed by atoms with van der Waals surface area (Å²) in [5.74, 6) is -0.263. The first-order chi connectivity index (χ1) is 13.6. The Labute approximate surface area is 161 Å². The van der Waals surface area contributed by atoms with Gasteiger partial charge in [0.25, 0.3) is 11.8 Å². The molecule has 2 heterocycles. The number of carbonyl (C=O) groups is 2. The Hall–Kier alpha value is -3.35. The molecule has 144 valence electrons. The molecule has 0 spiro atoms. The molecule has 28 heavy (non-hydrogen) atoms. The highest BCUT2D eigenvalue weighted by Gasteiger charge is 2.27. The van der Waals surface area contributed by atoms with Crippen LogP contribution in [-0.4, -0.2) is 59.9 Å². The lowest BCUT2D eigenvalue weighted by molar-refractivity contribution is 0.0530. The molecule has 2 aromatic carbocycles. The first-order valence-electron chi connectivity index (χ1n) is 9.06. The number of H-pyrrole nitrogens is 1. The lowest BCUT2D eigenvalue weighted by Crippen LogP contribution is -2.50. The molecule has 0 bridgehead atoms. The molecular weight excluding hydrogens is 361 g/mol. The van der Waals surface area contributed by atoms with E-state index in [1.165, 1.54) is 12.1 Å². The summed E-state index contributed by atoms with van der Waals surface area (Å²) in [5.41, 5.74) is 1.42. The third-order valence-electron chi connectivity index (χ3n) is 5.02. The zero-order valence-electron chi connectivity index (χ0n) is 15.4. The number of aromatic amines is 1. The van der Waals surface area contributed by atoms with Crippen LogP contribution in [0.4, 0.5) is 4.39 Å². The Balaban J connectivity index is 1.44. The van der Waals surface area contributed by atoms with Crippen LogP contribution in [0.15, 0.2) is 48.5 Å². The van der Waals surface area contributed by atoms with Crippen molar-refractivity contribution in [3.8, 4) is 5.75 Å². The molecule has 0 unspecified atom stereocenters. The molecule has 3 aromatic rings. The molecular formula is C21H20FN3O3. The van der Waals surface area contributed by atoms with Gasteiger partial charge < -0.3 is 19.5 Å². The number of aromatic nitrogens is 1. The van der Waals surface area contributed by atoms with Crippen molar-refractivity contribution in [1.82, 2.24) is 14.8 Å². The minimum absolute atomic E-state index is 0.0619. The molecule has 0 saturated carbocycles. The van der Waals surface area contributed by atoms with Crippen molar-refractivity contribution < 1.29 is 18.7 Å². The number of halogens is 1. The van der Waals surface area contributed by atoms with E-state index in [4.69, 9.17) is 4.74 Å². The molecule has 2 amide bonds. The van der Waals surface area contributed by atoms with E-state index in [-0.39, 0.29) is 17.4 Å². The van der Waals surface area contributed by atoms with Gasteiger partial charge in [-0.25, -0.2) is 4.39 Å². The Bertz CT molecular complexity index is 1040. The standard InChI is InChI=1S/C21H20FN3O3/c1-28-15-6-7-18-14(12-15)13-19(23-18)21(27)25-10-8-24(9-11-25)20(26)16-4-2-3-5-17(16)22/h2-7,12-13,23H,8-11H2,1H3. The van der Waals surface area contributed by atoms with Gasteiger partial charge in [-0.05, 0) is 36.4 Å². The fourth-order valence-electron chi connectivity index (χ4n) is 3.44. The molecule has 7 heteroatoms. The predicted octanol–water partition coefficient (Wildman–Crippen LogP) is 2.91. The lowest BCUT2D eigenvalue weighted by Gasteiger charge is -2.34. The molecule has 1 saturated heterocycles. The van der Waals surface area contributed by atoms with Crippen molar-refractivity contribution >= 4 is 22.7 Å². The number of rotatable bonds is 3. The zero-order chi connectivity index (χ0) is 19.7. The van der Waals surface area contributed by atoms with Crippen LogP contribution in [0.5, 0.6) is 5.75 Å². The number of methoxy groups -OCH3 is 1. The number of fused-ring (bicyclic) bond motifs is 1. The van der Waals surface area contributed by atoms with Crippen LogP contribution in [0.1, 0.15) is 20.8 Å².